The lowest BCUT2D eigenvalue weighted by atomic mass is 9.82. The highest BCUT2D eigenvalue weighted by Crippen LogP contribution is 2.48. The Labute approximate surface area is 206 Å². The quantitative estimate of drug-likeness (QED) is 0.568. The number of anilines is 2. The number of rotatable bonds is 3. The van der Waals surface area contributed by atoms with E-state index < -0.39 is 23.3 Å². The van der Waals surface area contributed by atoms with Gasteiger partial charge in [0, 0.05) is 31.5 Å². The third-order valence-corrected chi connectivity index (χ3v) is 6.46. The number of para-hydroxylation sites is 1. The van der Waals surface area contributed by atoms with E-state index in [1.54, 1.807) is 0 Å². The number of nitrogens with two attached hydrogens (primary N) is 1. The summed E-state index contributed by atoms with van der Waals surface area (Å²) in [5.74, 6) is 0.670. The molecule has 1 amide bonds. The predicted octanol–water partition coefficient (Wildman–Crippen LogP) is 3.61. The number of aromatic nitrogens is 2. The number of hydrogen-bond donors (Lipinski definition) is 2. The van der Waals surface area contributed by atoms with Crippen molar-refractivity contribution in [2.75, 3.05) is 30.8 Å². The number of hydrogen-bond acceptors (Lipinski definition) is 9. The number of carbonyl (C=O) groups is 2. The molecule has 182 valence electrons. The summed E-state index contributed by atoms with van der Waals surface area (Å²) in [4.78, 5) is 35.6. The highest BCUT2D eigenvalue weighted by Gasteiger charge is 2.51. The Morgan fingerprint density at radius 2 is 1.91 bits per heavy atom. The van der Waals surface area contributed by atoms with E-state index in [0.717, 1.165) is 11.3 Å². The molecule has 1 saturated heterocycles. The van der Waals surface area contributed by atoms with Gasteiger partial charge in [0.25, 0.3) is 0 Å². The number of piperidine rings is 1. The summed E-state index contributed by atoms with van der Waals surface area (Å²) in [6.07, 6.45) is 0.611. The third-order valence-electron chi connectivity index (χ3n) is 5.88. The molecule has 10 nitrogen and oxygen atoms in total. The van der Waals surface area contributed by atoms with Crippen molar-refractivity contribution in [3.8, 4) is 5.75 Å². The Morgan fingerprint density at radius 3 is 2.56 bits per heavy atom. The molecule has 1 atom stereocenters. The van der Waals surface area contributed by atoms with Gasteiger partial charge in [-0.25, -0.2) is 19.6 Å². The van der Waals surface area contributed by atoms with Gasteiger partial charge in [0.1, 0.15) is 27.6 Å². The number of fused-ring (bicyclic) bond motifs is 1. The highest BCUT2D eigenvalue weighted by molar-refractivity contribution is 9.10. The van der Waals surface area contributed by atoms with Crippen molar-refractivity contribution in [2.45, 2.75) is 50.9 Å². The van der Waals surface area contributed by atoms with Gasteiger partial charge in [-0.2, -0.15) is 0 Å². The number of benzene rings is 1. The zero-order chi connectivity index (χ0) is 24.7. The van der Waals surface area contributed by atoms with Gasteiger partial charge in [0.2, 0.25) is 0 Å². The van der Waals surface area contributed by atoms with Crippen LogP contribution in [0.5, 0.6) is 5.75 Å². The van der Waals surface area contributed by atoms with Crippen molar-refractivity contribution in [3.63, 3.8) is 0 Å². The molecule has 3 heterocycles. The number of nitrogens with one attached hydrogen (secondary N) is 1. The molecule has 34 heavy (non-hydrogen) atoms. The number of ether oxygens (including phenoxy) is 3. The Hall–Kier alpha value is -3.08. The topological polar surface area (TPSA) is 129 Å². The molecule has 1 fully saturated rings. The van der Waals surface area contributed by atoms with Gasteiger partial charge in [-0.05, 0) is 42.8 Å². The lowest BCUT2D eigenvalue weighted by molar-refractivity contribution is 0.0148. The first-order valence-electron chi connectivity index (χ1n) is 11.0. The first kappa shape index (κ1) is 24.1. The summed E-state index contributed by atoms with van der Waals surface area (Å²) in [5.41, 5.74) is 5.65. The van der Waals surface area contributed by atoms with Crippen molar-refractivity contribution in [2.24, 2.45) is 0 Å². The van der Waals surface area contributed by atoms with Crippen LogP contribution in [0, 0.1) is 0 Å². The van der Waals surface area contributed by atoms with Crippen LogP contribution in [0.4, 0.5) is 16.4 Å². The molecule has 1 spiro atoms. The monoisotopic (exact) mass is 533 g/mol. The van der Waals surface area contributed by atoms with Crippen molar-refractivity contribution in [1.29, 1.82) is 0 Å². The average Bonchev–Trinajstić information content (AvgIpc) is 3.06. The van der Waals surface area contributed by atoms with Gasteiger partial charge < -0.3 is 30.2 Å². The Bertz CT molecular complexity index is 1110. The normalized spacial score (nSPS) is 18.7. The van der Waals surface area contributed by atoms with Crippen LogP contribution in [0.2, 0.25) is 0 Å². The smallest absolute Gasteiger partial charge is 0.408 e. The number of esters is 1. The lowest BCUT2D eigenvalue weighted by Gasteiger charge is -2.42. The molecule has 0 unspecified atom stereocenters. The third kappa shape index (κ3) is 4.61. The Kier molecular flexibility index (Phi) is 6.32. The number of nitrogen functional groups attached to an aromatic ring is 1. The minimum absolute atomic E-state index is 0.0820. The lowest BCUT2D eigenvalue weighted by Crippen LogP contribution is -2.54. The molecular weight excluding hydrogens is 506 g/mol. The molecule has 3 N–H and O–H groups in total. The molecular formula is C23H28BrN5O5. The fraction of sp³-hybridized carbons (Fsp3) is 0.478. The van der Waals surface area contributed by atoms with E-state index in [4.69, 9.17) is 19.9 Å². The second-order valence-electron chi connectivity index (χ2n) is 9.33. The van der Waals surface area contributed by atoms with Crippen LogP contribution < -0.4 is 20.7 Å². The molecule has 0 saturated carbocycles. The van der Waals surface area contributed by atoms with Crippen molar-refractivity contribution >= 4 is 39.6 Å². The molecule has 0 aliphatic carbocycles. The van der Waals surface area contributed by atoms with E-state index >= 15 is 0 Å². The number of amides is 1. The first-order chi connectivity index (χ1) is 16.0. The average molecular weight is 534 g/mol. The second kappa shape index (κ2) is 8.94. The van der Waals surface area contributed by atoms with Crippen LogP contribution in [-0.4, -0.2) is 53.4 Å². The standard InChI is InChI=1S/C23H28BrN5O5/c1-22(2,3)34-21(31)27-16-13-7-5-6-8-14(13)33-23(16)9-11-29(12-10-23)19-15(20(30)32-4)26-17(24)18(25)28-19/h5-8,16H,9-12H2,1-4H3,(H2,25,28)(H,27,31)/t16-/m1/s1. The summed E-state index contributed by atoms with van der Waals surface area (Å²) in [6.45, 7) is 6.47. The van der Waals surface area contributed by atoms with E-state index in [1.807, 2.05) is 49.9 Å². The van der Waals surface area contributed by atoms with E-state index in [9.17, 15) is 9.59 Å². The number of alkyl carbamates (subject to hydrolysis) is 1. The van der Waals surface area contributed by atoms with E-state index in [0.29, 0.717) is 31.7 Å². The minimum Gasteiger partial charge on any atom is -0.484 e. The molecule has 11 heteroatoms. The van der Waals surface area contributed by atoms with Gasteiger partial charge >= 0.3 is 12.1 Å². The maximum absolute atomic E-state index is 12.7. The Morgan fingerprint density at radius 1 is 1.24 bits per heavy atom. The van der Waals surface area contributed by atoms with E-state index in [1.165, 1.54) is 7.11 Å². The summed E-state index contributed by atoms with van der Waals surface area (Å²) >= 11 is 3.22. The molecule has 2 aliphatic rings. The fourth-order valence-electron chi connectivity index (χ4n) is 4.37. The van der Waals surface area contributed by atoms with Crippen LogP contribution in [0.25, 0.3) is 0 Å². The zero-order valence-corrected chi connectivity index (χ0v) is 21.1. The summed E-state index contributed by atoms with van der Waals surface area (Å²) in [7, 11) is 1.29. The number of nitrogens with zero attached hydrogens (tertiary/aromatic N) is 3. The van der Waals surface area contributed by atoms with E-state index in [-0.39, 0.29) is 22.2 Å². The molecule has 0 bridgehead atoms. The predicted molar refractivity (Wildman–Crippen MR) is 129 cm³/mol. The highest BCUT2D eigenvalue weighted by atomic mass is 79.9. The van der Waals surface area contributed by atoms with Gasteiger partial charge in [0.05, 0.1) is 7.11 Å². The van der Waals surface area contributed by atoms with Gasteiger partial charge in [-0.3, -0.25) is 0 Å². The second-order valence-corrected chi connectivity index (χ2v) is 10.1. The van der Waals surface area contributed by atoms with Crippen LogP contribution in [0.3, 0.4) is 0 Å². The fourth-order valence-corrected chi connectivity index (χ4v) is 4.63. The van der Waals surface area contributed by atoms with Gasteiger partial charge in [-0.15, -0.1) is 0 Å². The summed E-state index contributed by atoms with van der Waals surface area (Å²) < 4.78 is 17.1. The molecule has 1 aromatic heterocycles. The number of methoxy groups -OCH3 is 1. The Balaban J connectivity index is 1.60. The van der Waals surface area contributed by atoms with Gasteiger partial charge in [0.15, 0.2) is 17.3 Å². The molecule has 2 aromatic rings. The van der Waals surface area contributed by atoms with Crippen LogP contribution in [0.1, 0.15) is 55.7 Å². The SMILES string of the molecule is COC(=O)c1nc(Br)c(N)nc1N1CCC2(CC1)Oc1ccccc1[C@H]2NC(=O)OC(C)(C)C. The van der Waals surface area contributed by atoms with Crippen molar-refractivity contribution in [3.05, 3.63) is 40.1 Å². The number of carbonyl (C=O) groups excluding carboxylic acids is 2. The van der Waals surface area contributed by atoms with Crippen LogP contribution in [0.15, 0.2) is 28.9 Å². The summed E-state index contributed by atoms with van der Waals surface area (Å²) in [5, 5.41) is 3.03. The van der Waals surface area contributed by atoms with Crippen LogP contribution >= 0.6 is 15.9 Å². The molecule has 2 aliphatic heterocycles. The maximum atomic E-state index is 12.7. The van der Waals surface area contributed by atoms with Crippen molar-refractivity contribution < 1.29 is 23.8 Å². The van der Waals surface area contributed by atoms with Crippen molar-refractivity contribution in [1.82, 2.24) is 15.3 Å². The number of halogens is 1. The van der Waals surface area contributed by atoms with Gasteiger partial charge in [-0.1, -0.05) is 18.2 Å². The first-order valence-corrected chi connectivity index (χ1v) is 11.8. The maximum Gasteiger partial charge on any atom is 0.408 e. The summed E-state index contributed by atoms with van der Waals surface area (Å²) in [6, 6.07) is 7.29. The van der Waals surface area contributed by atoms with E-state index in [2.05, 4.69) is 31.2 Å². The minimum atomic E-state index is -0.670. The largest absolute Gasteiger partial charge is 0.484 e. The zero-order valence-electron chi connectivity index (χ0n) is 19.6. The molecule has 4 rings (SSSR count). The molecule has 0 radical (unpaired) electrons. The molecule has 1 aromatic carbocycles. The van der Waals surface area contributed by atoms with Crippen LogP contribution in [-0.2, 0) is 9.47 Å².